The van der Waals surface area contributed by atoms with Crippen molar-refractivity contribution < 1.29 is 28.6 Å². The lowest BCUT2D eigenvalue weighted by molar-refractivity contribution is -0.148. The number of nitrogens with zero attached hydrogens (tertiary/aromatic N) is 1. The van der Waals surface area contributed by atoms with Crippen molar-refractivity contribution in [3.63, 3.8) is 0 Å². The van der Waals surface area contributed by atoms with Gasteiger partial charge in [0.25, 0.3) is 0 Å². The van der Waals surface area contributed by atoms with E-state index in [1.807, 2.05) is 6.92 Å². The van der Waals surface area contributed by atoms with Gasteiger partial charge in [0.15, 0.2) is 0 Å². The first kappa shape index (κ1) is 29.7. The number of esters is 1. The molecule has 0 aromatic heterocycles. The van der Waals surface area contributed by atoms with Crippen LogP contribution in [0.15, 0.2) is 23.2 Å². The number of amides is 3. The highest BCUT2D eigenvalue weighted by atomic mass is 35.5. The maximum Gasteiger partial charge on any atom is 0.407 e. The summed E-state index contributed by atoms with van der Waals surface area (Å²) in [5, 5.41) is 5.85. The van der Waals surface area contributed by atoms with E-state index in [0.29, 0.717) is 41.0 Å². The fraction of sp³-hybridized carbons (Fsp3) is 0.643. The number of rotatable bonds is 9. The SMILES string of the molecule is CCC1=NC(=O)NC(c2ccc(OCC(C)NC(=O)OC(C)(C)C)c(Cl)c2)C1C(=O)OCC1CCCCC1. The lowest BCUT2D eigenvalue weighted by atomic mass is 9.86. The van der Waals surface area contributed by atoms with Crippen LogP contribution in [0.3, 0.4) is 0 Å². The Bertz CT molecular complexity index is 1030. The number of carbonyl (C=O) groups is 3. The smallest absolute Gasteiger partial charge is 0.407 e. The summed E-state index contributed by atoms with van der Waals surface area (Å²) in [6.45, 7) is 9.59. The zero-order chi connectivity index (χ0) is 27.9. The van der Waals surface area contributed by atoms with Crippen LogP contribution in [-0.2, 0) is 14.3 Å². The Labute approximate surface area is 230 Å². The first-order valence-electron chi connectivity index (χ1n) is 13.4. The van der Waals surface area contributed by atoms with Crippen LogP contribution in [0.5, 0.6) is 5.75 Å². The maximum absolute atomic E-state index is 13.2. The van der Waals surface area contributed by atoms with Crippen LogP contribution in [0.4, 0.5) is 9.59 Å². The number of halogens is 1. The minimum atomic E-state index is -0.734. The number of hydrogen-bond donors (Lipinski definition) is 2. The molecule has 1 fully saturated rings. The van der Waals surface area contributed by atoms with Gasteiger partial charge in [0.2, 0.25) is 0 Å². The molecule has 2 aliphatic rings. The second-order valence-electron chi connectivity index (χ2n) is 11.0. The molecule has 1 aromatic rings. The lowest BCUT2D eigenvalue weighted by Gasteiger charge is -2.31. The van der Waals surface area contributed by atoms with Crippen LogP contribution in [0.1, 0.15) is 84.7 Å². The van der Waals surface area contributed by atoms with Crippen LogP contribution in [0, 0.1) is 11.8 Å². The van der Waals surface area contributed by atoms with Crippen LogP contribution in [-0.4, -0.2) is 48.7 Å². The van der Waals surface area contributed by atoms with Gasteiger partial charge < -0.3 is 24.8 Å². The molecule has 3 unspecified atom stereocenters. The van der Waals surface area contributed by atoms with E-state index in [1.165, 1.54) is 6.42 Å². The molecule has 3 atom stereocenters. The Kier molecular flexibility index (Phi) is 10.4. The number of carbonyl (C=O) groups excluding carboxylic acids is 3. The van der Waals surface area contributed by atoms with Crippen molar-refractivity contribution in [3.05, 3.63) is 28.8 Å². The molecule has 1 aromatic carbocycles. The highest BCUT2D eigenvalue weighted by Crippen LogP contribution is 2.34. The van der Waals surface area contributed by atoms with E-state index in [4.69, 9.17) is 25.8 Å². The van der Waals surface area contributed by atoms with Crippen molar-refractivity contribution in [2.75, 3.05) is 13.2 Å². The Morgan fingerprint density at radius 1 is 1.21 bits per heavy atom. The summed E-state index contributed by atoms with van der Waals surface area (Å²) in [5.41, 5.74) is 0.544. The number of urea groups is 1. The van der Waals surface area contributed by atoms with Gasteiger partial charge >= 0.3 is 18.1 Å². The highest BCUT2D eigenvalue weighted by Gasteiger charge is 2.39. The zero-order valence-corrected chi connectivity index (χ0v) is 23.7. The standard InChI is InChI=1S/C28H40ClN3O6/c1-6-21-23(25(33)37-16-18-10-8-7-9-11-18)24(32-26(34)31-21)19-12-13-22(20(29)14-19)36-15-17(2)30-27(35)38-28(3,4)5/h12-14,17-18,23-24H,6-11,15-16H2,1-5H3,(H,30,35)(H,32,34). The number of benzene rings is 1. The lowest BCUT2D eigenvalue weighted by Crippen LogP contribution is -2.45. The van der Waals surface area contributed by atoms with E-state index in [2.05, 4.69) is 15.6 Å². The topological polar surface area (TPSA) is 115 Å². The molecule has 38 heavy (non-hydrogen) atoms. The van der Waals surface area contributed by atoms with E-state index >= 15 is 0 Å². The number of hydrogen-bond acceptors (Lipinski definition) is 6. The summed E-state index contributed by atoms with van der Waals surface area (Å²) in [4.78, 5) is 41.6. The van der Waals surface area contributed by atoms with Crippen molar-refractivity contribution in [2.45, 2.75) is 90.8 Å². The number of ether oxygens (including phenoxy) is 3. The van der Waals surface area contributed by atoms with Crippen molar-refractivity contribution in [1.82, 2.24) is 10.6 Å². The van der Waals surface area contributed by atoms with Crippen molar-refractivity contribution in [3.8, 4) is 5.75 Å². The first-order chi connectivity index (χ1) is 18.0. The summed E-state index contributed by atoms with van der Waals surface area (Å²) in [7, 11) is 0. The van der Waals surface area contributed by atoms with Gasteiger partial charge in [-0.25, -0.2) is 14.6 Å². The molecule has 9 nitrogen and oxygen atoms in total. The number of nitrogens with one attached hydrogen (secondary N) is 2. The summed E-state index contributed by atoms with van der Waals surface area (Å²) >= 11 is 6.53. The summed E-state index contributed by atoms with van der Waals surface area (Å²) in [5.74, 6) is -0.331. The third-order valence-electron chi connectivity index (χ3n) is 6.59. The molecule has 210 valence electrons. The molecule has 3 rings (SSSR count). The van der Waals surface area contributed by atoms with Gasteiger partial charge in [-0.3, -0.25) is 4.79 Å². The molecule has 3 amide bonds. The molecule has 0 bridgehead atoms. The molecule has 0 spiro atoms. The van der Waals surface area contributed by atoms with E-state index in [1.54, 1.807) is 45.9 Å². The van der Waals surface area contributed by atoms with Crippen LogP contribution in [0.2, 0.25) is 5.02 Å². The number of alkyl carbamates (subject to hydrolysis) is 1. The van der Waals surface area contributed by atoms with Gasteiger partial charge in [-0.05, 0) is 70.6 Å². The Morgan fingerprint density at radius 3 is 2.55 bits per heavy atom. The fourth-order valence-corrected chi connectivity index (χ4v) is 4.97. The second-order valence-corrected chi connectivity index (χ2v) is 11.5. The highest BCUT2D eigenvalue weighted by molar-refractivity contribution is 6.32. The van der Waals surface area contributed by atoms with E-state index in [-0.39, 0.29) is 18.6 Å². The van der Waals surface area contributed by atoms with Crippen LogP contribution >= 0.6 is 11.6 Å². The third kappa shape index (κ3) is 8.61. The molecule has 1 saturated carbocycles. The van der Waals surface area contributed by atoms with Crippen LogP contribution in [0.25, 0.3) is 0 Å². The van der Waals surface area contributed by atoms with Gasteiger partial charge in [0.1, 0.15) is 23.9 Å². The monoisotopic (exact) mass is 549 g/mol. The minimum absolute atomic E-state index is 0.168. The Morgan fingerprint density at radius 2 is 1.92 bits per heavy atom. The molecular weight excluding hydrogens is 510 g/mol. The Hall–Kier alpha value is -2.81. The molecule has 1 aliphatic heterocycles. The third-order valence-corrected chi connectivity index (χ3v) is 6.88. The molecule has 2 N–H and O–H groups in total. The number of aliphatic imine (C=N–C) groups is 1. The molecule has 1 heterocycles. The normalized spacial score (nSPS) is 21.1. The van der Waals surface area contributed by atoms with Crippen molar-refractivity contribution in [2.24, 2.45) is 16.8 Å². The molecule has 0 radical (unpaired) electrons. The largest absolute Gasteiger partial charge is 0.490 e. The second kappa shape index (κ2) is 13.3. The van der Waals surface area contributed by atoms with Gasteiger partial charge in [0.05, 0.1) is 23.7 Å². The van der Waals surface area contributed by atoms with Gasteiger partial charge in [-0.15, -0.1) is 0 Å². The van der Waals surface area contributed by atoms with Gasteiger partial charge in [-0.1, -0.05) is 43.9 Å². The van der Waals surface area contributed by atoms with E-state index in [9.17, 15) is 14.4 Å². The minimum Gasteiger partial charge on any atom is -0.490 e. The predicted molar refractivity (Wildman–Crippen MR) is 146 cm³/mol. The first-order valence-corrected chi connectivity index (χ1v) is 13.8. The summed E-state index contributed by atoms with van der Waals surface area (Å²) in [6.07, 6.45) is 5.60. The Balaban J connectivity index is 1.67. The maximum atomic E-state index is 13.2. The van der Waals surface area contributed by atoms with E-state index in [0.717, 1.165) is 25.7 Å². The molecule has 1 aliphatic carbocycles. The summed E-state index contributed by atoms with van der Waals surface area (Å²) in [6, 6.07) is 3.64. The quantitative estimate of drug-likeness (QED) is 0.366. The molecule has 10 heteroatoms. The van der Waals surface area contributed by atoms with Crippen LogP contribution < -0.4 is 15.4 Å². The van der Waals surface area contributed by atoms with Crippen molar-refractivity contribution in [1.29, 1.82) is 0 Å². The predicted octanol–water partition coefficient (Wildman–Crippen LogP) is 5.99. The van der Waals surface area contributed by atoms with Gasteiger partial charge in [0, 0.05) is 5.71 Å². The van der Waals surface area contributed by atoms with Crippen molar-refractivity contribution >= 4 is 35.4 Å². The fourth-order valence-electron chi connectivity index (χ4n) is 4.72. The molecular formula is C28H40ClN3O6. The average Bonchev–Trinajstić information content (AvgIpc) is 2.85. The zero-order valence-electron chi connectivity index (χ0n) is 23.0. The molecule has 0 saturated heterocycles. The summed E-state index contributed by atoms with van der Waals surface area (Å²) < 4.78 is 16.8. The average molecular weight is 550 g/mol. The van der Waals surface area contributed by atoms with Gasteiger partial charge in [-0.2, -0.15) is 0 Å². The van der Waals surface area contributed by atoms with E-state index < -0.39 is 29.7 Å².